The van der Waals surface area contributed by atoms with E-state index in [0.29, 0.717) is 29.0 Å². The van der Waals surface area contributed by atoms with Crippen molar-refractivity contribution in [2.75, 3.05) is 18.0 Å². The molecule has 0 saturated carbocycles. The number of amides is 1. The van der Waals surface area contributed by atoms with Crippen LogP contribution in [0.15, 0.2) is 10.6 Å². The first-order valence-electron chi connectivity index (χ1n) is 10.1. The summed E-state index contributed by atoms with van der Waals surface area (Å²) in [5, 5.41) is 8.65. The molecule has 9 heteroatoms. The predicted octanol–water partition coefficient (Wildman–Crippen LogP) is 4.89. The molecule has 1 N–H and O–H groups in total. The summed E-state index contributed by atoms with van der Waals surface area (Å²) in [6.45, 7) is 8.69. The van der Waals surface area contributed by atoms with Crippen molar-refractivity contribution < 1.29 is 9.53 Å². The van der Waals surface area contributed by atoms with Crippen LogP contribution < -0.4 is 4.90 Å². The first kappa shape index (κ1) is 21.3. The van der Waals surface area contributed by atoms with Crippen LogP contribution in [0.25, 0.3) is 11.6 Å². The average Bonchev–Trinajstić information content (AvgIpc) is 2.90. The van der Waals surface area contributed by atoms with Crippen LogP contribution in [0.4, 0.5) is 10.6 Å². The second-order valence-electron chi connectivity index (χ2n) is 8.82. The van der Waals surface area contributed by atoms with Crippen LogP contribution in [-0.4, -0.2) is 57.4 Å². The number of carbonyl (C=O) groups is 1. The number of hydrogen-bond donors (Lipinski definition) is 1. The highest BCUT2D eigenvalue weighted by molar-refractivity contribution is 9.12. The quantitative estimate of drug-likeness (QED) is 0.562. The molecule has 1 amide bonds. The second-order valence-corrected chi connectivity index (χ2v) is 10.0. The van der Waals surface area contributed by atoms with Gasteiger partial charge in [0.1, 0.15) is 11.4 Å². The van der Waals surface area contributed by atoms with Crippen molar-refractivity contribution in [3.8, 4) is 0 Å². The third-order valence-corrected chi connectivity index (χ3v) is 6.39. The third kappa shape index (κ3) is 3.75. The van der Waals surface area contributed by atoms with E-state index < -0.39 is 5.60 Å². The van der Waals surface area contributed by atoms with E-state index in [-0.39, 0.29) is 23.5 Å². The summed E-state index contributed by atoms with van der Waals surface area (Å²) in [6, 6.07) is 0.237. The monoisotopic (exact) mass is 493 g/mol. The van der Waals surface area contributed by atoms with Crippen molar-refractivity contribution in [2.24, 2.45) is 0 Å². The predicted molar refractivity (Wildman–Crippen MR) is 122 cm³/mol. The van der Waals surface area contributed by atoms with E-state index in [1.54, 1.807) is 4.90 Å². The molecule has 7 nitrogen and oxygen atoms in total. The summed E-state index contributed by atoms with van der Waals surface area (Å²) in [5.41, 5.74) is 2.19. The fourth-order valence-electron chi connectivity index (χ4n) is 4.45. The Bertz CT molecular complexity index is 970. The normalized spacial score (nSPS) is 24.8. The zero-order chi connectivity index (χ0) is 21.8. The van der Waals surface area contributed by atoms with Gasteiger partial charge in [-0.3, -0.25) is 5.41 Å². The Hall–Kier alpha value is -1.93. The van der Waals surface area contributed by atoms with Crippen LogP contribution >= 0.6 is 27.5 Å². The van der Waals surface area contributed by atoms with E-state index in [1.807, 2.05) is 39.8 Å². The summed E-state index contributed by atoms with van der Waals surface area (Å²) in [7, 11) is 0. The van der Waals surface area contributed by atoms with Gasteiger partial charge in [-0.15, -0.1) is 0 Å². The number of fused-ring (bicyclic) bond motifs is 3. The fraction of sp³-hybridized carbons (Fsp3) is 0.524. The number of nitrogens with one attached hydrogen (secondary N) is 1. The molecule has 2 bridgehead atoms. The number of carbonyl (C=O) groups excluding carboxylic acids is 1. The summed E-state index contributed by atoms with van der Waals surface area (Å²) in [5.74, 6) is 0.746. The summed E-state index contributed by atoms with van der Waals surface area (Å²) in [4.78, 5) is 25.7. The molecule has 0 aromatic carbocycles. The Balaban J connectivity index is 1.71. The van der Waals surface area contributed by atoms with Crippen molar-refractivity contribution >= 4 is 56.8 Å². The van der Waals surface area contributed by atoms with Gasteiger partial charge in [-0.1, -0.05) is 6.08 Å². The number of aromatic nitrogens is 2. The number of piperazine rings is 1. The third-order valence-electron chi connectivity index (χ3n) is 5.60. The number of likely N-dealkylation sites (tertiary alicyclic amines) is 1. The number of rotatable bonds is 1. The van der Waals surface area contributed by atoms with Gasteiger partial charge in [0.15, 0.2) is 0 Å². The van der Waals surface area contributed by atoms with Gasteiger partial charge in [0.2, 0.25) is 5.28 Å². The lowest BCUT2D eigenvalue weighted by Crippen LogP contribution is -2.56. The second kappa shape index (κ2) is 7.64. The molecular formula is C21H25BrClN5O2. The molecule has 2 fully saturated rings. The molecule has 1 aromatic rings. The van der Waals surface area contributed by atoms with Gasteiger partial charge in [0.25, 0.3) is 0 Å². The van der Waals surface area contributed by atoms with E-state index in [0.717, 1.165) is 29.8 Å². The molecule has 30 heavy (non-hydrogen) atoms. The summed E-state index contributed by atoms with van der Waals surface area (Å²) < 4.78 is 6.25. The molecule has 2 aliphatic heterocycles. The minimum absolute atomic E-state index is 0.118. The standard InChI is InChI=1S/C21H25BrClN5O2/c1-5-13-16-15(8-14(22)17(13)24)25-19(23)26-18(16)28-11-6-7-12(28)10-27(9-11)20(29)30-21(2,3)4/h5,8,11-12,24H,6-7,9-10H2,1-4H3/b13-5-,24-17?. The topological polar surface area (TPSA) is 82.4 Å². The van der Waals surface area contributed by atoms with Gasteiger partial charge in [-0.2, -0.15) is 4.98 Å². The maximum atomic E-state index is 12.6. The van der Waals surface area contributed by atoms with Gasteiger partial charge < -0.3 is 14.5 Å². The van der Waals surface area contributed by atoms with Gasteiger partial charge in [0, 0.05) is 35.2 Å². The van der Waals surface area contributed by atoms with Gasteiger partial charge in [0.05, 0.1) is 17.0 Å². The molecule has 1 aromatic heterocycles. The van der Waals surface area contributed by atoms with Crippen LogP contribution in [0.5, 0.6) is 0 Å². The van der Waals surface area contributed by atoms with Crippen molar-refractivity contribution in [3.05, 3.63) is 27.1 Å². The fourth-order valence-corrected chi connectivity index (χ4v) is 5.05. The van der Waals surface area contributed by atoms with Gasteiger partial charge in [-0.25, -0.2) is 9.78 Å². The Kier molecular flexibility index (Phi) is 5.43. The molecule has 0 spiro atoms. The van der Waals surface area contributed by atoms with E-state index in [1.165, 1.54) is 0 Å². The molecule has 3 aliphatic rings. The number of nitrogens with zero attached hydrogens (tertiary/aromatic N) is 4. The zero-order valence-electron chi connectivity index (χ0n) is 17.5. The Morgan fingerprint density at radius 2 is 1.93 bits per heavy atom. The van der Waals surface area contributed by atoms with Gasteiger partial charge in [-0.05, 0) is 74.1 Å². The highest BCUT2D eigenvalue weighted by Crippen LogP contribution is 2.42. The number of allylic oxidation sites excluding steroid dienone is 3. The van der Waals surface area contributed by atoms with Crippen LogP contribution in [-0.2, 0) is 4.74 Å². The van der Waals surface area contributed by atoms with E-state index in [2.05, 4.69) is 30.8 Å². The molecule has 0 radical (unpaired) electrons. The van der Waals surface area contributed by atoms with Crippen LogP contribution in [0.1, 0.15) is 51.8 Å². The van der Waals surface area contributed by atoms with E-state index in [4.69, 9.17) is 21.7 Å². The molecule has 2 saturated heterocycles. The average molecular weight is 495 g/mol. The molecule has 2 atom stereocenters. The maximum Gasteiger partial charge on any atom is 0.410 e. The smallest absolute Gasteiger partial charge is 0.410 e. The Morgan fingerprint density at radius 1 is 1.30 bits per heavy atom. The summed E-state index contributed by atoms with van der Waals surface area (Å²) >= 11 is 9.75. The Labute approximate surface area is 189 Å². The number of halogens is 2. The number of hydrogen-bond acceptors (Lipinski definition) is 6. The van der Waals surface area contributed by atoms with Crippen molar-refractivity contribution in [2.45, 2.75) is 58.2 Å². The van der Waals surface area contributed by atoms with Crippen LogP contribution in [0, 0.1) is 5.41 Å². The molecule has 2 unspecified atom stereocenters. The number of ether oxygens (including phenoxy) is 1. The highest BCUT2D eigenvalue weighted by atomic mass is 79.9. The molecule has 1 aliphatic carbocycles. The lowest BCUT2D eigenvalue weighted by atomic mass is 9.93. The van der Waals surface area contributed by atoms with Gasteiger partial charge >= 0.3 is 6.09 Å². The van der Waals surface area contributed by atoms with E-state index in [9.17, 15) is 4.79 Å². The minimum Gasteiger partial charge on any atom is -0.444 e. The zero-order valence-corrected chi connectivity index (χ0v) is 19.8. The largest absolute Gasteiger partial charge is 0.444 e. The molecule has 4 rings (SSSR count). The SMILES string of the molecule is C/C=C1\C(=N)C(Br)=Cc2nc(Cl)nc(N3C4CCC3CN(C(=O)OC(C)(C)C)C4)c21. The molecule has 160 valence electrons. The molecular weight excluding hydrogens is 470 g/mol. The van der Waals surface area contributed by atoms with E-state index >= 15 is 0 Å². The lowest BCUT2D eigenvalue weighted by molar-refractivity contribution is 0.0209. The highest BCUT2D eigenvalue weighted by Gasteiger charge is 2.44. The maximum absolute atomic E-state index is 12.6. The first-order chi connectivity index (χ1) is 14.1. The number of anilines is 1. The van der Waals surface area contributed by atoms with Crippen molar-refractivity contribution in [1.82, 2.24) is 14.9 Å². The first-order valence-corrected chi connectivity index (χ1v) is 11.2. The van der Waals surface area contributed by atoms with Crippen molar-refractivity contribution in [3.63, 3.8) is 0 Å². The summed E-state index contributed by atoms with van der Waals surface area (Å²) in [6.07, 6.45) is 5.38. The van der Waals surface area contributed by atoms with Crippen LogP contribution in [0.2, 0.25) is 5.28 Å². The minimum atomic E-state index is -0.520. The lowest BCUT2D eigenvalue weighted by Gasteiger charge is -2.43. The molecule has 3 heterocycles. The Morgan fingerprint density at radius 3 is 2.50 bits per heavy atom. The van der Waals surface area contributed by atoms with Crippen molar-refractivity contribution in [1.29, 1.82) is 5.41 Å². The van der Waals surface area contributed by atoms with Crippen LogP contribution in [0.3, 0.4) is 0 Å².